The second-order valence-electron chi connectivity index (χ2n) is 8.02. The van der Waals surface area contributed by atoms with Crippen LogP contribution in [-0.2, 0) is 31.1 Å². The smallest absolute Gasteiger partial charge is 0.121 e. The second-order valence-corrected chi connectivity index (χ2v) is 10.8. The van der Waals surface area contributed by atoms with E-state index in [9.17, 15) is 9.32 Å². The number of aromatic nitrogens is 2. The molecule has 2 aromatic rings. The summed E-state index contributed by atoms with van der Waals surface area (Å²) in [6, 6.07) is 4.71. The van der Waals surface area contributed by atoms with Crippen LogP contribution in [0.5, 0.6) is 5.75 Å². The molecule has 2 atom stereocenters. The van der Waals surface area contributed by atoms with Gasteiger partial charge < -0.3 is 20.2 Å². The van der Waals surface area contributed by atoms with E-state index in [4.69, 9.17) is 23.2 Å². The van der Waals surface area contributed by atoms with Gasteiger partial charge in [-0.25, -0.2) is 8.93 Å². The van der Waals surface area contributed by atoms with E-state index in [1.165, 1.54) is 6.07 Å². The summed E-state index contributed by atoms with van der Waals surface area (Å²) in [5.41, 5.74) is 0.624. The molecule has 1 fully saturated rings. The van der Waals surface area contributed by atoms with E-state index in [-0.39, 0.29) is 37.8 Å². The van der Waals surface area contributed by atoms with Crippen LogP contribution in [0, 0.1) is 5.92 Å². The van der Waals surface area contributed by atoms with E-state index >= 15 is 0 Å². The predicted molar refractivity (Wildman–Crippen MR) is 114 cm³/mol. The molecule has 0 spiro atoms. The van der Waals surface area contributed by atoms with Crippen LogP contribution < -0.4 is 14.7 Å². The summed E-state index contributed by atoms with van der Waals surface area (Å²) in [6.07, 6.45) is 3.39. The number of rotatable bonds is 5. The van der Waals surface area contributed by atoms with Crippen molar-refractivity contribution < 1.29 is 29.4 Å². The van der Waals surface area contributed by atoms with Crippen LogP contribution in [0.15, 0.2) is 24.4 Å². The van der Waals surface area contributed by atoms with Crippen LogP contribution in [0.4, 0.5) is 5.82 Å². The zero-order valence-electron chi connectivity index (χ0n) is 16.5. The summed E-state index contributed by atoms with van der Waals surface area (Å²) in [7, 11) is -1.30. The first-order chi connectivity index (χ1) is 13.2. The van der Waals surface area contributed by atoms with Gasteiger partial charge in [-0.1, -0.05) is 23.2 Å². The van der Waals surface area contributed by atoms with E-state index in [1.54, 1.807) is 12.3 Å². The molecule has 1 radical (unpaired) electrons. The van der Waals surface area contributed by atoms with Crippen molar-refractivity contribution >= 4 is 40.0 Å². The number of nitrogens with one attached hydrogen (secondary N) is 1. The maximum atomic E-state index is 12.8. The molecule has 0 aliphatic carbocycles. The molecule has 1 aliphatic rings. The van der Waals surface area contributed by atoms with Crippen molar-refractivity contribution in [2.75, 3.05) is 18.0 Å². The molecule has 1 aromatic heterocycles. The second kappa shape index (κ2) is 10.1. The van der Waals surface area contributed by atoms with Crippen molar-refractivity contribution in [3.05, 3.63) is 40.0 Å². The van der Waals surface area contributed by atoms with Gasteiger partial charge in [0.25, 0.3) is 0 Å². The van der Waals surface area contributed by atoms with Gasteiger partial charge in [0.15, 0.2) is 0 Å². The Balaban J connectivity index is 0.00000300. The van der Waals surface area contributed by atoms with E-state index in [2.05, 4.69) is 19.8 Å². The minimum absolute atomic E-state index is 0. The molecule has 163 valence electrons. The number of aromatic hydroxyl groups is 1. The van der Waals surface area contributed by atoms with Gasteiger partial charge >= 0.3 is 0 Å². The summed E-state index contributed by atoms with van der Waals surface area (Å²) >= 11 is 12.3. The molecule has 2 N–H and O–H groups in total. The Labute approximate surface area is 197 Å². The van der Waals surface area contributed by atoms with E-state index in [0.29, 0.717) is 15.6 Å². The molecule has 3 rings (SSSR count). The number of nitrogens with zero attached hydrogens (tertiary/aromatic N) is 3. The number of phenols is 1. The Hall–Kier alpha value is -0.631. The zero-order valence-corrected chi connectivity index (χ0v) is 21.2. The normalized spacial score (nSPS) is 17.6. The monoisotopic (exact) mass is 636 g/mol. The molecule has 1 aromatic carbocycles. The van der Waals surface area contributed by atoms with Crippen LogP contribution in [0.1, 0.15) is 45.2 Å². The quantitative estimate of drug-likeness (QED) is 0.518. The van der Waals surface area contributed by atoms with Gasteiger partial charge in [0.05, 0.1) is 31.8 Å². The molecule has 2 unspecified atom stereocenters. The first kappa shape index (κ1) is 24.6. The van der Waals surface area contributed by atoms with Gasteiger partial charge in [0.1, 0.15) is 11.6 Å². The minimum atomic E-state index is -1.30. The zero-order chi connectivity index (χ0) is 20.5. The van der Waals surface area contributed by atoms with Crippen LogP contribution in [-0.4, -0.2) is 32.3 Å². The number of halogens is 2. The SMILES string of the molecule is CC(C)(C)S(=O)NC(c1cc(Cl)c(Cl)cc1O)C1CCN(c2cc[n-]n2)CC1.[Ir]. The van der Waals surface area contributed by atoms with Gasteiger partial charge in [0, 0.05) is 44.8 Å². The minimum Gasteiger partial charge on any atom is -0.580 e. The summed E-state index contributed by atoms with van der Waals surface area (Å²) in [5.74, 6) is 1.11. The van der Waals surface area contributed by atoms with E-state index in [0.717, 1.165) is 31.7 Å². The number of hydrogen-bond acceptors (Lipinski definition) is 4. The van der Waals surface area contributed by atoms with Gasteiger partial charge in [-0.15, -0.1) is 0 Å². The van der Waals surface area contributed by atoms with Crippen molar-refractivity contribution in [1.29, 1.82) is 0 Å². The third-order valence-corrected chi connectivity index (χ3v) is 7.28. The molecule has 2 heterocycles. The average Bonchev–Trinajstić information content (AvgIpc) is 3.17. The first-order valence-corrected chi connectivity index (χ1v) is 11.1. The molecular formula is C19H25Cl2IrN4O2S-. The van der Waals surface area contributed by atoms with Gasteiger partial charge in [-0.2, -0.15) is 6.20 Å². The van der Waals surface area contributed by atoms with Gasteiger partial charge in [-0.3, -0.25) is 0 Å². The molecule has 6 nitrogen and oxygen atoms in total. The molecule has 29 heavy (non-hydrogen) atoms. The van der Waals surface area contributed by atoms with Crippen LogP contribution in [0.2, 0.25) is 10.0 Å². The van der Waals surface area contributed by atoms with Gasteiger partial charge in [-0.05, 0) is 51.7 Å². The third-order valence-electron chi connectivity index (χ3n) is 4.98. The van der Waals surface area contributed by atoms with Gasteiger partial charge in [0.2, 0.25) is 0 Å². The molecule has 1 aliphatic heterocycles. The molecule has 0 bridgehead atoms. The van der Waals surface area contributed by atoms with Crippen LogP contribution >= 0.6 is 23.2 Å². The van der Waals surface area contributed by atoms with E-state index < -0.39 is 15.7 Å². The molecule has 1 saturated heterocycles. The largest absolute Gasteiger partial charge is 0.580 e. The summed E-state index contributed by atoms with van der Waals surface area (Å²) in [5, 5.41) is 19.2. The number of piperidine rings is 1. The fourth-order valence-corrected chi connectivity index (χ4v) is 4.60. The summed E-state index contributed by atoms with van der Waals surface area (Å²) < 4.78 is 15.6. The predicted octanol–water partition coefficient (Wildman–Crippen LogP) is 4.06. The Morgan fingerprint density at radius 2 is 1.90 bits per heavy atom. The Morgan fingerprint density at radius 1 is 1.28 bits per heavy atom. The van der Waals surface area contributed by atoms with Crippen LogP contribution in [0.3, 0.4) is 0 Å². The van der Waals surface area contributed by atoms with Crippen molar-refractivity contribution in [3.63, 3.8) is 0 Å². The average molecular weight is 637 g/mol. The van der Waals surface area contributed by atoms with Crippen molar-refractivity contribution in [3.8, 4) is 5.75 Å². The standard InChI is InChI=1S/C19H25Cl2N4O2S.Ir/c1-19(2,3)28(27)24-18(13-10-14(20)15(21)11-16(13)26)12-5-8-25(9-6-12)17-4-7-22-23-17;/h4,7,10-12,18,24H,5-6,8-9H2,1-3H3,(H-,22,23,26);/q-1;. The molecule has 0 saturated carbocycles. The number of benzene rings is 1. The fraction of sp³-hybridized carbons (Fsp3) is 0.526. The Kier molecular flexibility index (Phi) is 8.60. The summed E-state index contributed by atoms with van der Waals surface area (Å²) in [6.45, 7) is 7.37. The third kappa shape index (κ3) is 5.96. The maximum Gasteiger partial charge on any atom is 0.121 e. The van der Waals surface area contributed by atoms with Crippen molar-refractivity contribution in [1.82, 2.24) is 14.9 Å². The maximum absolute atomic E-state index is 12.8. The first-order valence-electron chi connectivity index (χ1n) is 9.22. The van der Waals surface area contributed by atoms with Crippen molar-refractivity contribution in [2.45, 2.75) is 44.4 Å². The molecular weight excluding hydrogens is 611 g/mol. The molecule has 10 heteroatoms. The topological polar surface area (TPSA) is 79.6 Å². The Morgan fingerprint density at radius 3 is 2.45 bits per heavy atom. The summed E-state index contributed by atoms with van der Waals surface area (Å²) in [4.78, 5) is 2.19. The number of phenolic OH excluding ortho intramolecular Hbond substituents is 1. The van der Waals surface area contributed by atoms with Crippen molar-refractivity contribution in [2.24, 2.45) is 5.92 Å². The number of hydrogen-bond donors (Lipinski definition) is 2. The molecule has 0 amide bonds. The van der Waals surface area contributed by atoms with E-state index in [1.807, 2.05) is 26.8 Å². The van der Waals surface area contributed by atoms with Crippen LogP contribution in [0.25, 0.3) is 0 Å². The Bertz CT molecular complexity index is 837. The number of anilines is 1. The fourth-order valence-electron chi connectivity index (χ4n) is 3.36.